The van der Waals surface area contributed by atoms with Crippen LogP contribution >= 0.6 is 23.5 Å². The summed E-state index contributed by atoms with van der Waals surface area (Å²) < 4.78 is 5.47. The molecule has 100 valence electrons. The van der Waals surface area contributed by atoms with Gasteiger partial charge < -0.3 is 15.1 Å². The van der Waals surface area contributed by atoms with E-state index in [0.29, 0.717) is 18.3 Å². The van der Waals surface area contributed by atoms with Gasteiger partial charge in [0.05, 0.1) is 6.54 Å². The molecular weight excluding hydrogens is 268 g/mol. The van der Waals surface area contributed by atoms with Gasteiger partial charge in [0.25, 0.3) is 5.91 Å². The molecule has 0 atom stereocenters. The van der Waals surface area contributed by atoms with E-state index in [-0.39, 0.29) is 5.91 Å². The number of hydrogen-bond donors (Lipinski definition) is 2. The summed E-state index contributed by atoms with van der Waals surface area (Å²) in [6.45, 7) is 0.683. The Hall–Kier alpha value is -0.590. The van der Waals surface area contributed by atoms with Crippen LogP contribution in [0.3, 0.4) is 0 Å². The third-order valence-corrected chi connectivity index (χ3v) is 5.21. The molecule has 1 aliphatic heterocycles. The van der Waals surface area contributed by atoms with Crippen LogP contribution in [0.2, 0.25) is 0 Å². The van der Waals surface area contributed by atoms with Crippen LogP contribution in [0.5, 0.6) is 0 Å². The van der Waals surface area contributed by atoms with Gasteiger partial charge in [-0.1, -0.05) is 0 Å². The number of furan rings is 1. The van der Waals surface area contributed by atoms with Crippen LogP contribution in [0.1, 0.15) is 16.3 Å². The summed E-state index contributed by atoms with van der Waals surface area (Å²) >= 11 is 3.99. The van der Waals surface area contributed by atoms with Crippen LogP contribution in [-0.2, 0) is 6.54 Å². The number of carbonyl (C=O) groups excluding carboxylic acids is 1. The maximum Gasteiger partial charge on any atom is 0.286 e. The summed E-state index contributed by atoms with van der Waals surface area (Å²) in [5.74, 6) is 5.79. The molecule has 6 heteroatoms. The fraction of sp³-hybridized carbons (Fsp3) is 0.583. The Kier molecular flexibility index (Phi) is 5.46. The fourth-order valence-electron chi connectivity index (χ4n) is 1.70. The molecule has 0 spiro atoms. The van der Waals surface area contributed by atoms with Gasteiger partial charge in [-0.3, -0.25) is 4.79 Å². The predicted octanol–water partition coefficient (Wildman–Crippen LogP) is 1.58. The number of nitrogens with one attached hydrogen (secondary N) is 2. The molecule has 0 unspecified atom stereocenters. The third kappa shape index (κ3) is 3.96. The highest BCUT2D eigenvalue weighted by atomic mass is 32.2. The first kappa shape index (κ1) is 13.8. The Balaban J connectivity index is 1.82. The molecule has 0 radical (unpaired) electrons. The first-order valence-corrected chi connectivity index (χ1v) is 8.30. The van der Waals surface area contributed by atoms with Crippen molar-refractivity contribution < 1.29 is 9.21 Å². The molecule has 2 rings (SSSR count). The molecule has 0 aliphatic carbocycles. The summed E-state index contributed by atoms with van der Waals surface area (Å²) in [6, 6.07) is 4.09. The van der Waals surface area contributed by atoms with E-state index in [1.165, 1.54) is 11.5 Å². The largest absolute Gasteiger partial charge is 0.455 e. The van der Waals surface area contributed by atoms with Crippen molar-refractivity contribution in [2.24, 2.45) is 0 Å². The van der Waals surface area contributed by atoms with Crippen molar-refractivity contribution >= 4 is 29.4 Å². The monoisotopic (exact) mass is 286 g/mol. The van der Waals surface area contributed by atoms with Crippen molar-refractivity contribution in [1.29, 1.82) is 0 Å². The lowest BCUT2D eigenvalue weighted by atomic mass is 10.3. The van der Waals surface area contributed by atoms with Gasteiger partial charge in [-0.25, -0.2) is 0 Å². The fourth-order valence-corrected chi connectivity index (χ4v) is 4.16. The minimum Gasteiger partial charge on any atom is -0.455 e. The van der Waals surface area contributed by atoms with E-state index in [9.17, 15) is 4.79 Å². The summed E-state index contributed by atoms with van der Waals surface area (Å²) in [4.78, 5) is 11.3. The highest BCUT2D eigenvalue weighted by Gasteiger charge is 2.14. The van der Waals surface area contributed by atoms with E-state index in [1.54, 1.807) is 13.1 Å². The van der Waals surface area contributed by atoms with Gasteiger partial charge in [-0.2, -0.15) is 23.5 Å². The average Bonchev–Trinajstić information content (AvgIpc) is 2.71. The number of hydrogen-bond acceptors (Lipinski definition) is 5. The van der Waals surface area contributed by atoms with E-state index in [4.69, 9.17) is 4.42 Å². The quantitative estimate of drug-likeness (QED) is 0.880. The second-order valence-electron chi connectivity index (χ2n) is 4.07. The first-order chi connectivity index (χ1) is 8.79. The predicted molar refractivity (Wildman–Crippen MR) is 77.4 cm³/mol. The van der Waals surface area contributed by atoms with E-state index in [0.717, 1.165) is 17.3 Å². The summed E-state index contributed by atoms with van der Waals surface area (Å²) in [5, 5.41) is 6.03. The lowest BCUT2D eigenvalue weighted by molar-refractivity contribution is 0.0933. The molecule has 1 aromatic rings. The second kappa shape index (κ2) is 7.11. The minimum absolute atomic E-state index is 0.179. The maximum atomic E-state index is 11.3. The zero-order chi connectivity index (χ0) is 12.8. The van der Waals surface area contributed by atoms with Crippen molar-refractivity contribution in [3.63, 3.8) is 0 Å². The normalized spacial score (nSPS) is 17.4. The van der Waals surface area contributed by atoms with Crippen molar-refractivity contribution in [3.05, 3.63) is 23.7 Å². The third-order valence-electron chi connectivity index (χ3n) is 2.69. The van der Waals surface area contributed by atoms with Crippen molar-refractivity contribution in [2.45, 2.75) is 12.6 Å². The number of amides is 1. The molecule has 0 aromatic carbocycles. The zero-order valence-electron chi connectivity index (χ0n) is 10.4. The molecule has 1 fully saturated rings. The number of thioether (sulfide) groups is 2. The van der Waals surface area contributed by atoms with Gasteiger partial charge in [0, 0.05) is 36.1 Å². The van der Waals surface area contributed by atoms with Crippen LogP contribution in [0.4, 0.5) is 0 Å². The lowest BCUT2D eigenvalue weighted by Crippen LogP contribution is -2.32. The molecule has 1 aromatic heterocycles. The van der Waals surface area contributed by atoms with Crippen molar-refractivity contribution in [1.82, 2.24) is 10.6 Å². The van der Waals surface area contributed by atoms with Gasteiger partial charge >= 0.3 is 0 Å². The van der Waals surface area contributed by atoms with Crippen molar-refractivity contribution in [2.75, 3.05) is 30.1 Å². The topological polar surface area (TPSA) is 54.3 Å². The van der Waals surface area contributed by atoms with E-state index in [2.05, 4.69) is 10.6 Å². The molecule has 2 heterocycles. The average molecular weight is 286 g/mol. The summed E-state index contributed by atoms with van der Waals surface area (Å²) in [7, 11) is 1.60. The molecule has 4 nitrogen and oxygen atoms in total. The summed E-state index contributed by atoms with van der Waals surface area (Å²) in [5.41, 5.74) is 0. The highest BCUT2D eigenvalue weighted by molar-refractivity contribution is 8.03. The lowest BCUT2D eigenvalue weighted by Gasteiger charge is -2.14. The molecular formula is C12H18N2O2S2. The molecule has 0 bridgehead atoms. The molecule has 1 aliphatic rings. The Labute approximate surface area is 116 Å². The van der Waals surface area contributed by atoms with Crippen LogP contribution in [0.15, 0.2) is 16.5 Å². The number of carbonyl (C=O) groups is 1. The van der Waals surface area contributed by atoms with Crippen LogP contribution in [-0.4, -0.2) is 42.0 Å². The maximum absolute atomic E-state index is 11.3. The Bertz CT molecular complexity index is 387. The van der Waals surface area contributed by atoms with E-state index < -0.39 is 0 Å². The van der Waals surface area contributed by atoms with Gasteiger partial charge in [0.1, 0.15) is 5.76 Å². The minimum atomic E-state index is -0.179. The van der Waals surface area contributed by atoms with Gasteiger partial charge in [-0.05, 0) is 12.1 Å². The molecule has 1 saturated heterocycles. The molecule has 2 N–H and O–H groups in total. The Morgan fingerprint density at radius 1 is 1.39 bits per heavy atom. The zero-order valence-corrected chi connectivity index (χ0v) is 12.0. The SMILES string of the molecule is CNC(=O)c1ccc(CNC2CSCCSC2)o1. The van der Waals surface area contributed by atoms with Crippen LogP contribution in [0.25, 0.3) is 0 Å². The second-order valence-corrected chi connectivity index (χ2v) is 6.37. The molecule has 0 saturated carbocycles. The Morgan fingerprint density at radius 3 is 2.78 bits per heavy atom. The van der Waals surface area contributed by atoms with Crippen LogP contribution in [0, 0.1) is 0 Å². The molecule has 18 heavy (non-hydrogen) atoms. The standard InChI is InChI=1S/C12H18N2O2S2/c1-13-12(15)11-3-2-10(16-11)6-14-9-7-17-4-5-18-8-9/h2-3,9,14H,4-8H2,1H3,(H,13,15). The number of rotatable bonds is 4. The van der Waals surface area contributed by atoms with E-state index in [1.807, 2.05) is 29.6 Å². The smallest absolute Gasteiger partial charge is 0.286 e. The van der Waals surface area contributed by atoms with Gasteiger partial charge in [-0.15, -0.1) is 0 Å². The Morgan fingerprint density at radius 2 is 2.11 bits per heavy atom. The molecule has 1 amide bonds. The van der Waals surface area contributed by atoms with Crippen LogP contribution < -0.4 is 10.6 Å². The summed E-state index contributed by atoms with van der Waals surface area (Å²) in [6.07, 6.45) is 0. The van der Waals surface area contributed by atoms with E-state index >= 15 is 0 Å². The van der Waals surface area contributed by atoms with Gasteiger partial charge in [0.2, 0.25) is 0 Å². The van der Waals surface area contributed by atoms with Gasteiger partial charge in [0.15, 0.2) is 5.76 Å². The first-order valence-electron chi connectivity index (χ1n) is 5.99. The highest BCUT2D eigenvalue weighted by Crippen LogP contribution is 2.17. The van der Waals surface area contributed by atoms with Crippen molar-refractivity contribution in [3.8, 4) is 0 Å².